The molecule has 33 heavy (non-hydrogen) atoms. The van der Waals surface area contributed by atoms with E-state index in [9.17, 15) is 0 Å². The van der Waals surface area contributed by atoms with E-state index in [2.05, 4.69) is 25.5 Å². The Labute approximate surface area is 194 Å². The molecular weight excluding hydrogens is 418 g/mol. The highest BCUT2D eigenvalue weighted by Crippen LogP contribution is 2.25. The van der Waals surface area contributed by atoms with Crippen molar-refractivity contribution in [3.8, 4) is 17.4 Å². The van der Waals surface area contributed by atoms with Crippen LogP contribution in [0.2, 0.25) is 0 Å². The number of likely N-dealkylation sites (tertiary alicyclic amines) is 1. The third kappa shape index (κ3) is 6.26. The van der Waals surface area contributed by atoms with E-state index in [4.69, 9.17) is 13.9 Å². The summed E-state index contributed by atoms with van der Waals surface area (Å²) in [5.41, 5.74) is 1.03. The molecule has 8 heteroatoms. The summed E-state index contributed by atoms with van der Waals surface area (Å²) in [7, 11) is 3.40. The minimum atomic E-state index is 0.191. The Morgan fingerprint density at radius 1 is 1.12 bits per heavy atom. The third-order valence-corrected chi connectivity index (χ3v) is 5.66. The minimum Gasteiger partial charge on any atom is -0.497 e. The summed E-state index contributed by atoms with van der Waals surface area (Å²) in [5.74, 6) is 3.67. The van der Waals surface area contributed by atoms with Crippen LogP contribution in [0.3, 0.4) is 0 Å². The second-order valence-corrected chi connectivity index (χ2v) is 7.87. The molecule has 0 amide bonds. The van der Waals surface area contributed by atoms with Crippen LogP contribution in [-0.4, -0.2) is 49.6 Å². The number of guanidine groups is 1. The molecule has 8 nitrogen and oxygen atoms in total. The monoisotopic (exact) mass is 449 g/mol. The lowest BCUT2D eigenvalue weighted by Crippen LogP contribution is -2.42. The molecule has 1 unspecified atom stereocenters. The number of rotatable bonds is 9. The third-order valence-electron chi connectivity index (χ3n) is 5.66. The van der Waals surface area contributed by atoms with E-state index >= 15 is 0 Å². The quantitative estimate of drug-likeness (QED) is 0.378. The first-order valence-corrected chi connectivity index (χ1v) is 11.2. The van der Waals surface area contributed by atoms with Crippen LogP contribution in [0.25, 0.3) is 0 Å². The molecule has 1 atom stereocenters. The average molecular weight is 450 g/mol. The Kier molecular flexibility index (Phi) is 7.81. The van der Waals surface area contributed by atoms with Crippen molar-refractivity contribution < 1.29 is 13.9 Å². The first-order valence-electron chi connectivity index (χ1n) is 11.2. The van der Waals surface area contributed by atoms with E-state index in [0.29, 0.717) is 18.2 Å². The van der Waals surface area contributed by atoms with Gasteiger partial charge in [0.25, 0.3) is 0 Å². The largest absolute Gasteiger partial charge is 0.497 e. The van der Waals surface area contributed by atoms with Crippen molar-refractivity contribution in [1.82, 2.24) is 20.5 Å². The molecule has 3 aromatic rings. The molecule has 3 heterocycles. The van der Waals surface area contributed by atoms with Gasteiger partial charge >= 0.3 is 0 Å². The number of aliphatic imine (C=N–C) groups is 1. The highest BCUT2D eigenvalue weighted by molar-refractivity contribution is 5.79. The first-order chi connectivity index (χ1) is 16.2. The number of hydrogen-bond donors (Lipinski definition) is 2. The lowest BCUT2D eigenvalue weighted by molar-refractivity contribution is 0.215. The Bertz CT molecular complexity index is 1010. The van der Waals surface area contributed by atoms with E-state index < -0.39 is 0 Å². The van der Waals surface area contributed by atoms with Crippen LogP contribution in [0.4, 0.5) is 0 Å². The molecule has 2 aromatic heterocycles. The van der Waals surface area contributed by atoms with Crippen LogP contribution in [0.1, 0.15) is 30.2 Å². The molecule has 1 saturated heterocycles. The molecule has 174 valence electrons. The van der Waals surface area contributed by atoms with Gasteiger partial charge < -0.3 is 24.5 Å². The fourth-order valence-corrected chi connectivity index (χ4v) is 3.90. The molecule has 4 rings (SSSR count). The van der Waals surface area contributed by atoms with Crippen LogP contribution in [0, 0.1) is 0 Å². The number of aromatic nitrogens is 1. The van der Waals surface area contributed by atoms with Gasteiger partial charge in [-0.15, -0.1) is 0 Å². The highest BCUT2D eigenvalue weighted by Gasteiger charge is 2.25. The van der Waals surface area contributed by atoms with E-state index in [1.807, 2.05) is 48.5 Å². The minimum absolute atomic E-state index is 0.191. The molecule has 0 aliphatic carbocycles. The summed E-state index contributed by atoms with van der Waals surface area (Å²) in [6.45, 7) is 3.50. The molecule has 1 fully saturated rings. The summed E-state index contributed by atoms with van der Waals surface area (Å²) >= 11 is 0. The number of nitrogens with zero attached hydrogens (tertiary/aromatic N) is 3. The summed E-state index contributed by atoms with van der Waals surface area (Å²) in [4.78, 5) is 11.2. The number of methoxy groups -OCH3 is 1. The Morgan fingerprint density at radius 2 is 1.97 bits per heavy atom. The normalized spacial score (nSPS) is 15.3. The van der Waals surface area contributed by atoms with Gasteiger partial charge in [0, 0.05) is 38.5 Å². The fourth-order valence-electron chi connectivity index (χ4n) is 3.90. The standard InChI is InChI=1S/C25H31N5O3/c1-26-25(29-18-22(23-9-6-14-32-23)30-12-3-4-13-30)28-17-19-10-11-24(27-16-19)33-21-8-5-7-20(15-21)31-2/h5-11,14-16,22H,3-4,12-13,17-18H2,1-2H3,(H2,26,28,29). The number of nitrogens with one attached hydrogen (secondary N) is 2. The Hall–Kier alpha value is -3.52. The summed E-state index contributed by atoms with van der Waals surface area (Å²) in [6.07, 6.45) is 6.00. The molecule has 0 saturated carbocycles. The number of furan rings is 1. The average Bonchev–Trinajstić information content (AvgIpc) is 3.58. The topological polar surface area (TPSA) is 84.2 Å². The van der Waals surface area contributed by atoms with Gasteiger partial charge in [0.2, 0.25) is 5.88 Å². The van der Waals surface area contributed by atoms with Crippen LogP contribution >= 0.6 is 0 Å². The van der Waals surface area contributed by atoms with Crippen molar-refractivity contribution >= 4 is 5.96 Å². The van der Waals surface area contributed by atoms with Gasteiger partial charge in [-0.25, -0.2) is 4.98 Å². The summed E-state index contributed by atoms with van der Waals surface area (Å²) in [6, 6.07) is 15.5. The predicted molar refractivity (Wildman–Crippen MR) is 128 cm³/mol. The molecule has 0 spiro atoms. The first kappa shape index (κ1) is 22.7. The van der Waals surface area contributed by atoms with Gasteiger partial charge in [-0.05, 0) is 55.8 Å². The van der Waals surface area contributed by atoms with Crippen molar-refractivity contribution in [1.29, 1.82) is 0 Å². The lowest BCUT2D eigenvalue weighted by Gasteiger charge is -2.26. The summed E-state index contributed by atoms with van der Waals surface area (Å²) in [5, 5.41) is 6.79. The van der Waals surface area contributed by atoms with Crippen molar-refractivity contribution in [2.45, 2.75) is 25.4 Å². The maximum absolute atomic E-state index is 5.81. The molecule has 0 radical (unpaired) electrons. The van der Waals surface area contributed by atoms with Crippen molar-refractivity contribution in [2.24, 2.45) is 4.99 Å². The lowest BCUT2D eigenvalue weighted by atomic mass is 10.2. The number of ether oxygens (including phenoxy) is 2. The van der Waals surface area contributed by atoms with E-state index in [-0.39, 0.29) is 6.04 Å². The second-order valence-electron chi connectivity index (χ2n) is 7.87. The highest BCUT2D eigenvalue weighted by atomic mass is 16.5. The molecule has 1 aliphatic rings. The van der Waals surface area contributed by atoms with Crippen molar-refractivity contribution in [2.75, 3.05) is 33.8 Å². The van der Waals surface area contributed by atoms with Crippen LogP contribution in [0.5, 0.6) is 17.4 Å². The molecule has 1 aliphatic heterocycles. The van der Waals surface area contributed by atoms with Crippen molar-refractivity contribution in [3.05, 3.63) is 72.3 Å². The zero-order valence-corrected chi connectivity index (χ0v) is 19.2. The second kappa shape index (κ2) is 11.4. The smallest absolute Gasteiger partial charge is 0.219 e. The van der Waals surface area contributed by atoms with Gasteiger partial charge in [-0.1, -0.05) is 12.1 Å². The maximum atomic E-state index is 5.81. The molecule has 2 N–H and O–H groups in total. The van der Waals surface area contributed by atoms with Gasteiger partial charge in [-0.3, -0.25) is 9.89 Å². The molecule has 0 bridgehead atoms. The summed E-state index contributed by atoms with van der Waals surface area (Å²) < 4.78 is 16.7. The van der Waals surface area contributed by atoms with E-state index in [0.717, 1.165) is 42.7 Å². The van der Waals surface area contributed by atoms with Gasteiger partial charge in [0.15, 0.2) is 5.96 Å². The van der Waals surface area contributed by atoms with Gasteiger partial charge in [0.1, 0.15) is 17.3 Å². The Morgan fingerprint density at radius 3 is 2.67 bits per heavy atom. The maximum Gasteiger partial charge on any atom is 0.219 e. The Balaban J connectivity index is 1.29. The number of pyridine rings is 1. The zero-order chi connectivity index (χ0) is 22.9. The van der Waals surface area contributed by atoms with E-state index in [1.54, 1.807) is 26.6 Å². The number of benzene rings is 1. The van der Waals surface area contributed by atoms with Gasteiger partial charge in [-0.2, -0.15) is 0 Å². The van der Waals surface area contributed by atoms with Crippen molar-refractivity contribution in [3.63, 3.8) is 0 Å². The SMILES string of the molecule is CN=C(NCc1ccc(Oc2cccc(OC)c2)nc1)NCC(c1ccco1)N1CCCC1. The predicted octanol–water partition coefficient (Wildman–Crippen LogP) is 3.98. The molecular formula is C25H31N5O3. The van der Waals surface area contributed by atoms with Crippen LogP contribution < -0.4 is 20.1 Å². The molecule has 1 aromatic carbocycles. The fraction of sp³-hybridized carbons (Fsp3) is 0.360. The van der Waals surface area contributed by atoms with Crippen LogP contribution in [0.15, 0.2) is 70.4 Å². The zero-order valence-electron chi connectivity index (χ0n) is 19.2. The van der Waals surface area contributed by atoms with E-state index in [1.165, 1.54) is 12.8 Å². The number of hydrogen-bond acceptors (Lipinski definition) is 6. The van der Waals surface area contributed by atoms with Gasteiger partial charge in [0.05, 0.1) is 19.4 Å². The van der Waals surface area contributed by atoms with Crippen LogP contribution in [-0.2, 0) is 6.54 Å².